The smallest absolute Gasteiger partial charge is 0.204 e. The lowest BCUT2D eigenvalue weighted by Gasteiger charge is -2.05. The van der Waals surface area contributed by atoms with E-state index >= 15 is 0 Å². The van der Waals surface area contributed by atoms with Crippen molar-refractivity contribution in [3.8, 4) is 5.75 Å². The maximum absolute atomic E-state index is 13.1. The summed E-state index contributed by atoms with van der Waals surface area (Å²) in [5.74, 6) is -7.39. The van der Waals surface area contributed by atoms with E-state index in [4.69, 9.17) is 5.11 Å². The van der Waals surface area contributed by atoms with Gasteiger partial charge in [-0.05, 0) is 6.07 Å². The van der Waals surface area contributed by atoms with Crippen molar-refractivity contribution in [3.05, 3.63) is 41.5 Å². The van der Waals surface area contributed by atoms with Crippen molar-refractivity contribution in [1.29, 1.82) is 0 Å². The molecule has 0 radical (unpaired) electrons. The van der Waals surface area contributed by atoms with Gasteiger partial charge in [0.2, 0.25) is 5.82 Å². The first-order valence-corrected chi connectivity index (χ1v) is 3.97. The van der Waals surface area contributed by atoms with Gasteiger partial charge < -0.3 is 5.11 Å². The molecule has 0 aromatic heterocycles. The molecule has 15 heavy (non-hydrogen) atoms. The quantitative estimate of drug-likeness (QED) is 0.530. The first-order chi connectivity index (χ1) is 7.04. The van der Waals surface area contributed by atoms with Crippen molar-refractivity contribution in [2.24, 2.45) is 0 Å². The van der Waals surface area contributed by atoms with Crippen LogP contribution < -0.4 is 0 Å². The molecule has 0 aliphatic heterocycles. The number of hydrogen-bond donors (Lipinski definition) is 1. The van der Waals surface area contributed by atoms with E-state index in [0.29, 0.717) is 0 Å². The van der Waals surface area contributed by atoms with Gasteiger partial charge in [-0.15, -0.1) is 0 Å². The van der Waals surface area contributed by atoms with Crippen LogP contribution in [0.2, 0.25) is 0 Å². The van der Waals surface area contributed by atoms with Crippen molar-refractivity contribution >= 4 is 10.8 Å². The summed E-state index contributed by atoms with van der Waals surface area (Å²) in [5.41, 5.74) is 0. The van der Waals surface area contributed by atoms with Crippen LogP contribution in [0.4, 0.5) is 17.6 Å². The van der Waals surface area contributed by atoms with Gasteiger partial charge in [-0.3, -0.25) is 0 Å². The maximum atomic E-state index is 13.1. The first-order valence-electron chi connectivity index (χ1n) is 3.97. The van der Waals surface area contributed by atoms with E-state index in [2.05, 4.69) is 0 Å². The number of phenolic OH excluding ortho intramolecular Hbond substituents is 1. The van der Waals surface area contributed by atoms with Crippen LogP contribution in [0, 0.1) is 23.3 Å². The Labute approximate surface area is 81.6 Å². The minimum atomic E-state index is -1.88. The van der Waals surface area contributed by atoms with Crippen LogP contribution in [-0.2, 0) is 0 Å². The lowest BCUT2D eigenvalue weighted by Crippen LogP contribution is -1.95. The first kappa shape index (κ1) is 9.76. The third kappa shape index (κ3) is 1.23. The number of halogens is 4. The SMILES string of the molecule is Oc1c(F)c(F)c(F)c2c(F)cccc12. The zero-order chi connectivity index (χ0) is 11.2. The van der Waals surface area contributed by atoms with Gasteiger partial charge in [0.25, 0.3) is 0 Å². The number of benzene rings is 2. The summed E-state index contributed by atoms with van der Waals surface area (Å²) in [5, 5.41) is 7.99. The highest BCUT2D eigenvalue weighted by atomic mass is 19.2. The van der Waals surface area contributed by atoms with E-state index in [0.717, 1.165) is 18.2 Å². The Morgan fingerprint density at radius 3 is 2.20 bits per heavy atom. The molecule has 0 aliphatic carbocycles. The topological polar surface area (TPSA) is 20.2 Å². The molecule has 0 heterocycles. The fourth-order valence-electron chi connectivity index (χ4n) is 1.37. The van der Waals surface area contributed by atoms with Gasteiger partial charge in [0.1, 0.15) is 5.82 Å². The highest BCUT2D eigenvalue weighted by Crippen LogP contribution is 2.33. The zero-order valence-corrected chi connectivity index (χ0v) is 7.19. The van der Waals surface area contributed by atoms with E-state index in [1.807, 2.05) is 0 Å². The second kappa shape index (κ2) is 3.12. The van der Waals surface area contributed by atoms with Gasteiger partial charge in [0, 0.05) is 5.39 Å². The normalized spacial score (nSPS) is 10.9. The summed E-state index contributed by atoms with van der Waals surface area (Å²) >= 11 is 0. The van der Waals surface area contributed by atoms with Gasteiger partial charge in [-0.2, -0.15) is 4.39 Å². The molecular weight excluding hydrogens is 212 g/mol. The highest BCUT2D eigenvalue weighted by Gasteiger charge is 2.21. The van der Waals surface area contributed by atoms with Crippen molar-refractivity contribution in [3.63, 3.8) is 0 Å². The average molecular weight is 216 g/mol. The summed E-state index contributed by atoms with van der Waals surface area (Å²) in [7, 11) is 0. The molecule has 0 amide bonds. The molecule has 0 saturated heterocycles. The summed E-state index contributed by atoms with van der Waals surface area (Å²) < 4.78 is 51.9. The van der Waals surface area contributed by atoms with Gasteiger partial charge in [-0.1, -0.05) is 12.1 Å². The van der Waals surface area contributed by atoms with E-state index in [-0.39, 0.29) is 0 Å². The molecule has 0 aliphatic rings. The predicted molar refractivity (Wildman–Crippen MR) is 45.4 cm³/mol. The molecule has 0 unspecified atom stereocenters. The van der Waals surface area contributed by atoms with Crippen LogP contribution in [0.25, 0.3) is 10.8 Å². The summed E-state index contributed by atoms with van der Waals surface area (Å²) in [6, 6.07) is 3.15. The Morgan fingerprint density at radius 1 is 0.867 bits per heavy atom. The van der Waals surface area contributed by atoms with E-state index in [1.165, 1.54) is 0 Å². The van der Waals surface area contributed by atoms with Gasteiger partial charge >= 0.3 is 0 Å². The lowest BCUT2D eigenvalue weighted by molar-refractivity contribution is 0.394. The second-order valence-electron chi connectivity index (χ2n) is 2.95. The summed E-state index contributed by atoms with van der Waals surface area (Å²) in [6.07, 6.45) is 0. The average Bonchev–Trinajstić information content (AvgIpc) is 2.23. The Bertz CT molecular complexity index is 551. The van der Waals surface area contributed by atoms with Crippen molar-refractivity contribution < 1.29 is 22.7 Å². The van der Waals surface area contributed by atoms with Gasteiger partial charge in [-0.25, -0.2) is 13.2 Å². The zero-order valence-electron chi connectivity index (χ0n) is 7.19. The van der Waals surface area contributed by atoms with Crippen molar-refractivity contribution in [1.82, 2.24) is 0 Å². The van der Waals surface area contributed by atoms with Crippen LogP contribution in [0.3, 0.4) is 0 Å². The van der Waals surface area contributed by atoms with Crippen molar-refractivity contribution in [2.45, 2.75) is 0 Å². The van der Waals surface area contributed by atoms with Crippen LogP contribution in [-0.4, -0.2) is 5.11 Å². The summed E-state index contributed by atoms with van der Waals surface area (Å²) in [4.78, 5) is 0. The number of rotatable bonds is 0. The third-order valence-electron chi connectivity index (χ3n) is 2.08. The molecule has 78 valence electrons. The number of hydrogen-bond acceptors (Lipinski definition) is 1. The Balaban J connectivity index is 3.08. The van der Waals surface area contributed by atoms with Gasteiger partial charge in [0.05, 0.1) is 5.39 Å². The van der Waals surface area contributed by atoms with Crippen LogP contribution in [0.1, 0.15) is 0 Å². The highest BCUT2D eigenvalue weighted by molar-refractivity contribution is 5.89. The molecule has 1 nitrogen and oxygen atoms in total. The van der Waals surface area contributed by atoms with E-state index < -0.39 is 39.8 Å². The minimum absolute atomic E-state index is 0.397. The molecule has 0 spiro atoms. The summed E-state index contributed by atoms with van der Waals surface area (Å²) in [6.45, 7) is 0. The Morgan fingerprint density at radius 2 is 1.53 bits per heavy atom. The molecule has 5 heteroatoms. The standard InChI is InChI=1S/C10H4F4O/c11-5-3-1-2-4-6(5)7(12)8(13)9(14)10(4)15/h1-3,15H. The van der Waals surface area contributed by atoms with Gasteiger partial charge in [0.15, 0.2) is 17.4 Å². The lowest BCUT2D eigenvalue weighted by atomic mass is 10.1. The second-order valence-corrected chi connectivity index (χ2v) is 2.95. The largest absolute Gasteiger partial charge is 0.504 e. The number of fused-ring (bicyclic) bond motifs is 1. The molecule has 0 saturated carbocycles. The Kier molecular flexibility index (Phi) is 2.03. The molecular formula is C10H4F4O. The van der Waals surface area contributed by atoms with Crippen LogP contribution in [0.15, 0.2) is 18.2 Å². The monoisotopic (exact) mass is 216 g/mol. The molecule has 2 aromatic carbocycles. The fraction of sp³-hybridized carbons (Fsp3) is 0. The Hall–Kier alpha value is -1.78. The molecule has 1 N–H and O–H groups in total. The van der Waals surface area contributed by atoms with E-state index in [9.17, 15) is 17.6 Å². The minimum Gasteiger partial charge on any atom is -0.504 e. The van der Waals surface area contributed by atoms with E-state index in [1.54, 1.807) is 0 Å². The molecule has 2 rings (SSSR count). The van der Waals surface area contributed by atoms with Crippen LogP contribution in [0.5, 0.6) is 5.75 Å². The molecule has 0 bridgehead atoms. The predicted octanol–water partition coefficient (Wildman–Crippen LogP) is 3.10. The number of phenols is 1. The maximum Gasteiger partial charge on any atom is 0.204 e. The molecule has 2 aromatic rings. The molecule has 0 fully saturated rings. The van der Waals surface area contributed by atoms with Crippen molar-refractivity contribution in [2.75, 3.05) is 0 Å². The fourth-order valence-corrected chi connectivity index (χ4v) is 1.37. The number of aromatic hydroxyl groups is 1. The third-order valence-corrected chi connectivity index (χ3v) is 2.08. The van der Waals surface area contributed by atoms with Crippen LogP contribution >= 0.6 is 0 Å². The molecule has 0 atom stereocenters.